The maximum absolute atomic E-state index is 12.4. The summed E-state index contributed by atoms with van der Waals surface area (Å²) in [5.41, 5.74) is -1.66. The minimum absolute atomic E-state index is 0.394. The maximum Gasteiger partial charge on any atom is 0.450 e. The number of Topliss-reactive ketones (excluding diaryl/α,β-unsaturated/α-hetero) is 1. The summed E-state index contributed by atoms with van der Waals surface area (Å²) in [6.07, 6.45) is -11.0. The maximum atomic E-state index is 12.4. The number of carbonyl (C=O) groups excluding carboxylic acids is 1. The molecular weight excluding hydrogens is 286 g/mol. The molecule has 0 aliphatic rings. The summed E-state index contributed by atoms with van der Waals surface area (Å²) >= 11 is 5.28. The van der Waals surface area contributed by atoms with Gasteiger partial charge >= 0.3 is 12.4 Å². The molecule has 0 aromatic heterocycles. The van der Waals surface area contributed by atoms with E-state index in [4.69, 9.17) is 11.6 Å². The fourth-order valence-electron chi connectivity index (χ4n) is 1.19. The van der Waals surface area contributed by atoms with Crippen LogP contribution in [0.4, 0.5) is 26.3 Å². The molecule has 1 aromatic carbocycles. The van der Waals surface area contributed by atoms with Gasteiger partial charge in [0.15, 0.2) is 0 Å². The first kappa shape index (κ1) is 14.8. The average molecular weight is 291 g/mol. The zero-order chi connectivity index (χ0) is 14.1. The summed E-state index contributed by atoms with van der Waals surface area (Å²) < 4.78 is 73.1. The molecule has 0 spiro atoms. The van der Waals surface area contributed by atoms with E-state index < -0.39 is 40.7 Å². The highest BCUT2D eigenvalue weighted by Crippen LogP contribution is 2.35. The standard InChI is InChI=1S/C10H5ClF6O/c11-7-2-1-5(3-6(7)9(12,13)14)4-8(18)10(15,16)17/h1-3H,4H2. The van der Waals surface area contributed by atoms with Crippen LogP contribution in [0, 0.1) is 0 Å². The van der Waals surface area contributed by atoms with Crippen molar-refractivity contribution in [2.24, 2.45) is 0 Å². The molecule has 0 unspecified atom stereocenters. The number of carbonyl (C=O) groups is 1. The smallest absolute Gasteiger partial charge is 0.289 e. The second-order valence-electron chi connectivity index (χ2n) is 3.41. The number of rotatable bonds is 2. The fraction of sp³-hybridized carbons (Fsp3) is 0.300. The molecule has 0 aliphatic heterocycles. The molecule has 0 fully saturated rings. The predicted octanol–water partition coefficient (Wildman–Crippen LogP) is 4.03. The molecule has 1 rings (SSSR count). The largest absolute Gasteiger partial charge is 0.450 e. The van der Waals surface area contributed by atoms with E-state index in [0.29, 0.717) is 6.07 Å². The minimum Gasteiger partial charge on any atom is -0.289 e. The van der Waals surface area contributed by atoms with Gasteiger partial charge in [0.25, 0.3) is 0 Å². The Balaban J connectivity index is 3.04. The lowest BCUT2D eigenvalue weighted by Crippen LogP contribution is -2.24. The number of hydrogen-bond donors (Lipinski definition) is 0. The Morgan fingerprint density at radius 2 is 1.67 bits per heavy atom. The van der Waals surface area contributed by atoms with Gasteiger partial charge in [-0.1, -0.05) is 17.7 Å². The van der Waals surface area contributed by atoms with E-state index in [9.17, 15) is 31.1 Å². The van der Waals surface area contributed by atoms with Crippen LogP contribution in [0.25, 0.3) is 0 Å². The van der Waals surface area contributed by atoms with Crippen LogP contribution in [0.2, 0.25) is 5.02 Å². The lowest BCUT2D eigenvalue weighted by Gasteiger charge is -2.11. The Hall–Kier alpha value is -1.24. The van der Waals surface area contributed by atoms with Gasteiger partial charge in [-0.2, -0.15) is 26.3 Å². The molecule has 0 saturated carbocycles. The molecule has 0 radical (unpaired) electrons. The quantitative estimate of drug-likeness (QED) is 0.752. The Kier molecular flexibility index (Phi) is 3.95. The van der Waals surface area contributed by atoms with Crippen LogP contribution in [0.5, 0.6) is 0 Å². The molecule has 100 valence electrons. The summed E-state index contributed by atoms with van der Waals surface area (Å²) in [7, 11) is 0. The van der Waals surface area contributed by atoms with Crippen LogP contribution in [-0.2, 0) is 17.4 Å². The Morgan fingerprint density at radius 3 is 2.11 bits per heavy atom. The van der Waals surface area contributed by atoms with Crippen LogP contribution in [-0.4, -0.2) is 12.0 Å². The molecule has 1 nitrogen and oxygen atoms in total. The summed E-state index contributed by atoms with van der Waals surface area (Å²) in [6, 6.07) is 2.19. The van der Waals surface area contributed by atoms with Crippen molar-refractivity contribution in [3.05, 3.63) is 34.3 Å². The third-order valence-electron chi connectivity index (χ3n) is 2.02. The summed E-state index contributed by atoms with van der Waals surface area (Å²) in [5, 5.41) is -0.634. The van der Waals surface area contributed by atoms with Crippen LogP contribution >= 0.6 is 11.6 Å². The SMILES string of the molecule is O=C(Cc1ccc(Cl)c(C(F)(F)F)c1)C(F)(F)F. The molecule has 0 heterocycles. The van der Waals surface area contributed by atoms with Crippen LogP contribution in [0.3, 0.4) is 0 Å². The summed E-state index contributed by atoms with van der Waals surface area (Å²) in [4.78, 5) is 10.6. The number of hydrogen-bond acceptors (Lipinski definition) is 1. The molecular formula is C10H5ClF6O. The second kappa shape index (κ2) is 4.79. The number of ketones is 1. The van der Waals surface area contributed by atoms with Crippen molar-refractivity contribution in [1.82, 2.24) is 0 Å². The highest BCUT2D eigenvalue weighted by atomic mass is 35.5. The lowest BCUT2D eigenvalue weighted by atomic mass is 10.1. The highest BCUT2D eigenvalue weighted by Gasteiger charge is 2.38. The van der Waals surface area contributed by atoms with Gasteiger partial charge < -0.3 is 0 Å². The predicted molar refractivity (Wildman–Crippen MR) is 51.2 cm³/mol. The molecule has 8 heteroatoms. The van der Waals surface area contributed by atoms with Gasteiger partial charge in [0.2, 0.25) is 5.78 Å². The minimum atomic E-state index is -5.07. The average Bonchev–Trinajstić information content (AvgIpc) is 2.17. The van der Waals surface area contributed by atoms with Crippen molar-refractivity contribution < 1.29 is 31.1 Å². The van der Waals surface area contributed by atoms with Crippen LogP contribution < -0.4 is 0 Å². The molecule has 0 atom stereocenters. The zero-order valence-corrected chi connectivity index (χ0v) is 9.25. The number of benzene rings is 1. The first-order chi connectivity index (χ1) is 8.01. The summed E-state index contributed by atoms with van der Waals surface area (Å²) in [5.74, 6) is -2.11. The van der Waals surface area contributed by atoms with Gasteiger partial charge in [-0.25, -0.2) is 0 Å². The molecule has 18 heavy (non-hydrogen) atoms. The normalized spacial score (nSPS) is 12.6. The monoisotopic (exact) mass is 290 g/mol. The Labute approximate surface area is 102 Å². The molecule has 0 saturated heterocycles. The van der Waals surface area contributed by atoms with Gasteiger partial charge in [0, 0.05) is 6.42 Å². The van der Waals surface area contributed by atoms with Gasteiger partial charge in [-0.3, -0.25) is 4.79 Å². The molecule has 0 amide bonds. The van der Waals surface area contributed by atoms with Crippen LogP contribution in [0.1, 0.15) is 11.1 Å². The van der Waals surface area contributed by atoms with Crippen molar-refractivity contribution in [2.75, 3.05) is 0 Å². The van der Waals surface area contributed by atoms with E-state index in [1.807, 2.05) is 0 Å². The van der Waals surface area contributed by atoms with Crippen LogP contribution in [0.15, 0.2) is 18.2 Å². The molecule has 0 aliphatic carbocycles. The van der Waals surface area contributed by atoms with E-state index in [1.165, 1.54) is 0 Å². The Morgan fingerprint density at radius 1 is 1.11 bits per heavy atom. The first-order valence-electron chi connectivity index (χ1n) is 4.47. The molecule has 0 bridgehead atoms. The van der Waals surface area contributed by atoms with E-state index in [2.05, 4.69) is 0 Å². The highest BCUT2D eigenvalue weighted by molar-refractivity contribution is 6.31. The molecule has 1 aromatic rings. The van der Waals surface area contributed by atoms with Gasteiger partial charge in [0.1, 0.15) is 0 Å². The van der Waals surface area contributed by atoms with E-state index >= 15 is 0 Å². The molecule has 0 N–H and O–H groups in total. The van der Waals surface area contributed by atoms with Crippen molar-refractivity contribution in [3.63, 3.8) is 0 Å². The lowest BCUT2D eigenvalue weighted by molar-refractivity contribution is -0.170. The number of alkyl halides is 6. The van der Waals surface area contributed by atoms with Crippen molar-refractivity contribution in [3.8, 4) is 0 Å². The zero-order valence-electron chi connectivity index (χ0n) is 8.49. The summed E-state index contributed by atoms with van der Waals surface area (Å²) in [6.45, 7) is 0. The van der Waals surface area contributed by atoms with Gasteiger partial charge in [-0.15, -0.1) is 0 Å². The Bertz CT molecular complexity index is 462. The third kappa shape index (κ3) is 3.63. The third-order valence-corrected chi connectivity index (χ3v) is 2.35. The topological polar surface area (TPSA) is 17.1 Å². The fourth-order valence-corrected chi connectivity index (χ4v) is 1.41. The number of halogens is 7. The van der Waals surface area contributed by atoms with E-state index in [-0.39, 0.29) is 0 Å². The van der Waals surface area contributed by atoms with Crippen molar-refractivity contribution in [1.29, 1.82) is 0 Å². The van der Waals surface area contributed by atoms with Crippen molar-refractivity contribution >= 4 is 17.4 Å². The van der Waals surface area contributed by atoms with Gasteiger partial charge in [0.05, 0.1) is 10.6 Å². The van der Waals surface area contributed by atoms with Crippen molar-refractivity contribution in [2.45, 2.75) is 18.8 Å². The van der Waals surface area contributed by atoms with E-state index in [0.717, 1.165) is 12.1 Å². The van der Waals surface area contributed by atoms with E-state index in [1.54, 1.807) is 0 Å². The first-order valence-corrected chi connectivity index (χ1v) is 4.85. The second-order valence-corrected chi connectivity index (χ2v) is 3.82. The van der Waals surface area contributed by atoms with Gasteiger partial charge in [-0.05, 0) is 17.7 Å².